The van der Waals surface area contributed by atoms with Gasteiger partial charge in [0.1, 0.15) is 0 Å². The van der Waals surface area contributed by atoms with Crippen LogP contribution in [0, 0.1) is 0 Å². The van der Waals surface area contributed by atoms with Crippen molar-refractivity contribution in [2.45, 2.75) is 6.92 Å². The summed E-state index contributed by atoms with van der Waals surface area (Å²) < 4.78 is 14.0. The Morgan fingerprint density at radius 2 is 1.78 bits per heavy atom. The lowest BCUT2D eigenvalue weighted by atomic mass is 10.9. The van der Waals surface area contributed by atoms with E-state index < -0.39 is 0 Å². The molecule has 2 nitrogen and oxygen atoms in total. The van der Waals surface area contributed by atoms with Gasteiger partial charge in [0.05, 0.1) is 13.4 Å². The number of hydrogen-bond acceptors (Lipinski definition) is 2. The van der Waals surface area contributed by atoms with E-state index in [1.165, 1.54) is 0 Å². The standard InChI is InChI=1S/C3H8O.C2H4O.CH3F/c1-3-4-2;1-2-3;1-2/h3H2,1-2H3;2-3H,1H2;1H3. The molecule has 9 heavy (non-hydrogen) atoms. The van der Waals surface area contributed by atoms with Gasteiger partial charge in [-0.05, 0) is 6.92 Å². The van der Waals surface area contributed by atoms with Gasteiger partial charge in [0.15, 0.2) is 0 Å². The smallest absolute Gasteiger partial charge is 0.0785 e. The van der Waals surface area contributed by atoms with Crippen molar-refractivity contribution < 1.29 is 14.2 Å². The number of alkyl halides is 1. The van der Waals surface area contributed by atoms with E-state index in [2.05, 4.69) is 11.3 Å². The van der Waals surface area contributed by atoms with Gasteiger partial charge in [0, 0.05) is 13.7 Å². The van der Waals surface area contributed by atoms with Crippen LogP contribution in [-0.2, 0) is 4.74 Å². The Kier molecular flexibility index (Phi) is 91.2. The maximum atomic E-state index is 9.50. The third-order valence-corrected chi connectivity index (χ3v) is 0.289. The summed E-state index contributed by atoms with van der Waals surface area (Å²) in [6.07, 6.45) is 0.750. The Balaban J connectivity index is -0.0000000646. The Bertz CT molecular complexity index is 30.2. The molecule has 0 saturated carbocycles. The molecule has 0 aromatic carbocycles. The van der Waals surface area contributed by atoms with Gasteiger partial charge in [0.25, 0.3) is 0 Å². The summed E-state index contributed by atoms with van der Waals surface area (Å²) in [7, 11) is 2.18. The average molecular weight is 138 g/mol. The summed E-state index contributed by atoms with van der Waals surface area (Å²) in [4.78, 5) is 0. The van der Waals surface area contributed by atoms with Crippen molar-refractivity contribution in [3.05, 3.63) is 12.8 Å². The SMILES string of the molecule is C=CO.CCOC.CF. The van der Waals surface area contributed by atoms with Crippen LogP contribution in [0.5, 0.6) is 0 Å². The molecule has 0 aliphatic heterocycles. The molecule has 0 rings (SSSR count). The third-order valence-electron chi connectivity index (χ3n) is 0.289. The van der Waals surface area contributed by atoms with Crippen molar-refractivity contribution >= 4 is 0 Å². The zero-order valence-electron chi connectivity index (χ0n) is 6.22. The highest BCUT2D eigenvalue weighted by atomic mass is 19.1. The van der Waals surface area contributed by atoms with E-state index in [0.717, 1.165) is 12.9 Å². The Morgan fingerprint density at radius 3 is 1.78 bits per heavy atom. The highest BCUT2D eigenvalue weighted by Crippen LogP contribution is 1.52. The second-order valence-electron chi connectivity index (χ2n) is 0.760. The molecule has 0 fully saturated rings. The molecule has 0 bridgehead atoms. The second-order valence-corrected chi connectivity index (χ2v) is 0.760. The van der Waals surface area contributed by atoms with Crippen LogP contribution < -0.4 is 0 Å². The summed E-state index contributed by atoms with van der Waals surface area (Å²) in [5, 5.41) is 7.33. The van der Waals surface area contributed by atoms with Gasteiger partial charge in [-0.1, -0.05) is 6.58 Å². The average Bonchev–Trinajstić information content (AvgIpc) is 1.94. The summed E-state index contributed by atoms with van der Waals surface area (Å²) in [5.41, 5.74) is 0. The number of rotatable bonds is 1. The Labute approximate surface area is 56.0 Å². The van der Waals surface area contributed by atoms with Crippen LogP contribution in [0.1, 0.15) is 6.92 Å². The Morgan fingerprint density at radius 1 is 1.67 bits per heavy atom. The first-order chi connectivity index (χ1) is 4.33. The molecule has 0 aromatic rings. The molecule has 0 atom stereocenters. The molecule has 0 aliphatic carbocycles. The minimum atomic E-state index is 0.500. The van der Waals surface area contributed by atoms with E-state index in [9.17, 15) is 4.39 Å². The van der Waals surface area contributed by atoms with Crippen LogP contribution >= 0.6 is 0 Å². The first kappa shape index (κ1) is 15.8. The molecule has 0 unspecified atom stereocenters. The predicted molar refractivity (Wildman–Crippen MR) is 37.4 cm³/mol. The van der Waals surface area contributed by atoms with E-state index in [1.54, 1.807) is 7.11 Å². The molecule has 3 heteroatoms. The first-order valence-electron chi connectivity index (χ1n) is 2.45. The number of ether oxygens (including phenoxy) is 1. The van der Waals surface area contributed by atoms with E-state index in [-0.39, 0.29) is 0 Å². The lowest BCUT2D eigenvalue weighted by Gasteiger charge is -1.76. The van der Waals surface area contributed by atoms with E-state index in [0.29, 0.717) is 7.18 Å². The normalized spacial score (nSPS) is 5.33. The number of methoxy groups -OCH3 is 1. The van der Waals surface area contributed by atoms with Crippen molar-refractivity contribution in [1.82, 2.24) is 0 Å². The molecule has 0 radical (unpaired) electrons. The van der Waals surface area contributed by atoms with E-state index >= 15 is 0 Å². The molecular formula is C6H15FO2. The fourth-order valence-corrected chi connectivity index (χ4v) is 0. The van der Waals surface area contributed by atoms with Crippen molar-refractivity contribution in [2.24, 2.45) is 0 Å². The maximum absolute atomic E-state index is 9.50. The topological polar surface area (TPSA) is 29.5 Å². The van der Waals surface area contributed by atoms with Gasteiger partial charge in [-0.3, -0.25) is 4.39 Å². The number of hydrogen-bond donors (Lipinski definition) is 1. The highest BCUT2D eigenvalue weighted by Gasteiger charge is 1.51. The van der Waals surface area contributed by atoms with Gasteiger partial charge >= 0.3 is 0 Å². The first-order valence-corrected chi connectivity index (χ1v) is 2.45. The zero-order chi connectivity index (χ0) is 8.12. The van der Waals surface area contributed by atoms with Crippen LogP contribution in [0.2, 0.25) is 0 Å². The van der Waals surface area contributed by atoms with Crippen molar-refractivity contribution in [3.8, 4) is 0 Å². The molecule has 0 aliphatic rings. The number of halogens is 1. The zero-order valence-corrected chi connectivity index (χ0v) is 6.22. The fraction of sp³-hybridized carbons (Fsp3) is 0.667. The molecule has 0 aromatic heterocycles. The lowest BCUT2D eigenvalue weighted by Crippen LogP contribution is -1.73. The van der Waals surface area contributed by atoms with E-state index in [1.807, 2.05) is 6.92 Å². The summed E-state index contributed by atoms with van der Waals surface area (Å²) in [5.74, 6) is 0. The van der Waals surface area contributed by atoms with Crippen LogP contribution in [0.15, 0.2) is 12.8 Å². The molecule has 0 heterocycles. The molecular weight excluding hydrogens is 123 g/mol. The fourth-order valence-electron chi connectivity index (χ4n) is 0. The minimum Gasteiger partial charge on any atom is -0.516 e. The predicted octanol–water partition coefficient (Wildman–Crippen LogP) is 1.93. The molecule has 0 spiro atoms. The van der Waals surface area contributed by atoms with Crippen LogP contribution in [0.3, 0.4) is 0 Å². The number of aliphatic hydroxyl groups excluding tert-OH is 1. The van der Waals surface area contributed by atoms with E-state index in [4.69, 9.17) is 5.11 Å². The summed E-state index contributed by atoms with van der Waals surface area (Å²) in [6, 6.07) is 0. The van der Waals surface area contributed by atoms with Crippen LogP contribution in [0.25, 0.3) is 0 Å². The largest absolute Gasteiger partial charge is 0.516 e. The highest BCUT2D eigenvalue weighted by molar-refractivity contribution is 4.38. The second kappa shape index (κ2) is 52.0. The van der Waals surface area contributed by atoms with Gasteiger partial charge in [-0.2, -0.15) is 0 Å². The van der Waals surface area contributed by atoms with Crippen molar-refractivity contribution in [3.63, 3.8) is 0 Å². The lowest BCUT2D eigenvalue weighted by molar-refractivity contribution is 0.215. The summed E-state index contributed by atoms with van der Waals surface area (Å²) >= 11 is 0. The quantitative estimate of drug-likeness (QED) is 0.561. The minimum absolute atomic E-state index is 0.500. The van der Waals surface area contributed by atoms with Crippen molar-refractivity contribution in [2.75, 3.05) is 20.9 Å². The monoisotopic (exact) mass is 138 g/mol. The molecule has 1 N–H and O–H groups in total. The van der Waals surface area contributed by atoms with Gasteiger partial charge in [-0.15, -0.1) is 0 Å². The maximum Gasteiger partial charge on any atom is 0.0785 e. The Hall–Kier alpha value is -0.570. The van der Waals surface area contributed by atoms with Gasteiger partial charge in [-0.25, -0.2) is 0 Å². The molecule has 58 valence electrons. The summed E-state index contributed by atoms with van der Waals surface area (Å²) in [6.45, 7) is 5.69. The van der Waals surface area contributed by atoms with Gasteiger partial charge < -0.3 is 9.84 Å². The van der Waals surface area contributed by atoms with Crippen LogP contribution in [0.4, 0.5) is 4.39 Å². The third kappa shape index (κ3) is 1180. The molecule has 0 amide bonds. The molecule has 0 saturated heterocycles. The van der Waals surface area contributed by atoms with Gasteiger partial charge in [0.2, 0.25) is 0 Å². The number of aliphatic hydroxyl groups is 1. The van der Waals surface area contributed by atoms with Crippen LogP contribution in [-0.4, -0.2) is 26.0 Å². The van der Waals surface area contributed by atoms with Crippen molar-refractivity contribution in [1.29, 1.82) is 0 Å².